The van der Waals surface area contributed by atoms with E-state index >= 15 is 0 Å². The summed E-state index contributed by atoms with van der Waals surface area (Å²) in [6, 6.07) is 0.301. The lowest BCUT2D eigenvalue weighted by atomic mass is 9.78. The summed E-state index contributed by atoms with van der Waals surface area (Å²) in [5.74, 6) is 4.00. The second-order valence-corrected chi connectivity index (χ2v) is 8.46. The average Bonchev–Trinajstić information content (AvgIpc) is 2.48. The van der Waals surface area contributed by atoms with Gasteiger partial charge in [0.15, 0.2) is 0 Å². The number of hydrogen-bond donors (Lipinski definition) is 1. The van der Waals surface area contributed by atoms with Crippen molar-refractivity contribution in [3.05, 3.63) is 0 Å². The van der Waals surface area contributed by atoms with Crippen LogP contribution in [0.15, 0.2) is 0 Å². The Morgan fingerprint density at radius 3 is 2.33 bits per heavy atom. The molecule has 2 nitrogen and oxygen atoms in total. The largest absolute Gasteiger partial charge is 0.369 e. The van der Waals surface area contributed by atoms with Gasteiger partial charge in [-0.2, -0.15) is 11.8 Å². The van der Waals surface area contributed by atoms with Crippen LogP contribution in [0, 0.1) is 11.8 Å². The van der Waals surface area contributed by atoms with Crippen LogP contribution in [-0.2, 0) is 4.74 Å². The minimum Gasteiger partial charge on any atom is -0.369 e. The molecule has 2 heterocycles. The highest BCUT2D eigenvalue weighted by molar-refractivity contribution is 7.99. The third kappa shape index (κ3) is 3.43. The Labute approximate surface area is 116 Å². The predicted octanol–water partition coefficient (Wildman–Crippen LogP) is 3.44. The smallest absolute Gasteiger partial charge is 0.0677 e. The van der Waals surface area contributed by atoms with Crippen LogP contribution >= 0.6 is 11.8 Å². The van der Waals surface area contributed by atoms with Crippen LogP contribution in [0.3, 0.4) is 0 Å². The molecule has 3 heteroatoms. The summed E-state index contributed by atoms with van der Waals surface area (Å²) in [7, 11) is 0. The van der Waals surface area contributed by atoms with E-state index in [0.717, 1.165) is 12.3 Å². The van der Waals surface area contributed by atoms with Crippen molar-refractivity contribution < 1.29 is 4.74 Å². The van der Waals surface area contributed by atoms with Crippen LogP contribution in [0.2, 0.25) is 0 Å². The van der Waals surface area contributed by atoms with Crippen LogP contribution in [0.4, 0.5) is 0 Å². The van der Waals surface area contributed by atoms with Crippen molar-refractivity contribution in [2.24, 2.45) is 17.6 Å². The van der Waals surface area contributed by atoms with Crippen molar-refractivity contribution in [2.75, 3.05) is 11.5 Å². The average molecular weight is 271 g/mol. The van der Waals surface area contributed by atoms with Gasteiger partial charge in [-0.05, 0) is 70.8 Å². The van der Waals surface area contributed by atoms with Gasteiger partial charge in [0.05, 0.1) is 11.2 Å². The summed E-state index contributed by atoms with van der Waals surface area (Å²) in [4.78, 5) is 0. The van der Waals surface area contributed by atoms with E-state index in [9.17, 15) is 0 Å². The normalized spacial score (nSPS) is 33.5. The van der Waals surface area contributed by atoms with Gasteiger partial charge in [0.2, 0.25) is 0 Å². The minimum atomic E-state index is -0.0632. The van der Waals surface area contributed by atoms with E-state index in [1.807, 2.05) is 0 Å². The zero-order valence-corrected chi connectivity index (χ0v) is 13.2. The Hall–Kier alpha value is 0.270. The molecule has 0 bridgehead atoms. The van der Waals surface area contributed by atoms with Crippen LogP contribution < -0.4 is 5.73 Å². The lowest BCUT2D eigenvalue weighted by Gasteiger charge is -2.33. The highest BCUT2D eigenvalue weighted by Gasteiger charge is 2.48. The van der Waals surface area contributed by atoms with E-state index in [4.69, 9.17) is 10.5 Å². The second kappa shape index (κ2) is 5.34. The van der Waals surface area contributed by atoms with Gasteiger partial charge in [0.1, 0.15) is 0 Å². The van der Waals surface area contributed by atoms with E-state index in [1.54, 1.807) is 0 Å². The number of hydrogen-bond acceptors (Lipinski definition) is 3. The molecule has 0 aliphatic carbocycles. The van der Waals surface area contributed by atoms with Crippen molar-refractivity contribution in [1.29, 1.82) is 0 Å². The van der Waals surface area contributed by atoms with Gasteiger partial charge in [0, 0.05) is 12.0 Å². The molecule has 0 amide bonds. The molecule has 2 rings (SSSR count). The maximum absolute atomic E-state index is 6.52. The first-order valence-electron chi connectivity index (χ1n) is 7.34. The zero-order valence-electron chi connectivity index (χ0n) is 12.4. The fraction of sp³-hybridized carbons (Fsp3) is 1.00. The van der Waals surface area contributed by atoms with Crippen molar-refractivity contribution in [3.8, 4) is 0 Å². The Morgan fingerprint density at radius 1 is 1.22 bits per heavy atom. The molecule has 0 aromatic carbocycles. The molecule has 0 aromatic rings. The van der Waals surface area contributed by atoms with Crippen LogP contribution in [0.1, 0.15) is 53.4 Å². The first kappa shape index (κ1) is 14.7. The summed E-state index contributed by atoms with van der Waals surface area (Å²) >= 11 is 2.09. The molecular weight excluding hydrogens is 242 g/mol. The molecule has 2 aliphatic heterocycles. The van der Waals surface area contributed by atoms with Crippen LogP contribution in [-0.4, -0.2) is 28.7 Å². The molecule has 0 saturated carbocycles. The van der Waals surface area contributed by atoms with Crippen LogP contribution in [0.25, 0.3) is 0 Å². The Kier molecular flexibility index (Phi) is 4.35. The Morgan fingerprint density at radius 2 is 1.83 bits per heavy atom. The molecule has 2 aliphatic rings. The Balaban J connectivity index is 1.93. The Bertz CT molecular complexity index is 284. The third-order valence-corrected chi connectivity index (χ3v) is 5.66. The fourth-order valence-corrected chi connectivity index (χ4v) is 5.01. The van der Waals surface area contributed by atoms with Gasteiger partial charge in [-0.3, -0.25) is 0 Å². The molecule has 0 radical (unpaired) electrons. The van der Waals surface area contributed by atoms with E-state index < -0.39 is 0 Å². The summed E-state index contributed by atoms with van der Waals surface area (Å²) in [5, 5.41) is 0. The lowest BCUT2D eigenvalue weighted by molar-refractivity contribution is -0.0771. The predicted molar refractivity (Wildman–Crippen MR) is 80.0 cm³/mol. The van der Waals surface area contributed by atoms with Gasteiger partial charge in [-0.1, -0.05) is 0 Å². The lowest BCUT2D eigenvalue weighted by Crippen LogP contribution is -2.42. The van der Waals surface area contributed by atoms with Crippen molar-refractivity contribution in [3.63, 3.8) is 0 Å². The highest BCUT2D eigenvalue weighted by atomic mass is 32.2. The molecule has 2 N–H and O–H groups in total. The maximum atomic E-state index is 6.52. The molecular formula is C15H29NOS. The van der Waals surface area contributed by atoms with Crippen molar-refractivity contribution >= 4 is 11.8 Å². The van der Waals surface area contributed by atoms with Gasteiger partial charge >= 0.3 is 0 Å². The van der Waals surface area contributed by atoms with E-state index in [-0.39, 0.29) is 11.2 Å². The fourth-order valence-electron chi connectivity index (χ4n) is 3.80. The minimum absolute atomic E-state index is 0.00575. The number of thioether (sulfide) groups is 1. The SMILES string of the molecule is CC1(C)CC(C(N)CC2CCSCC2)C(C)(C)O1. The number of rotatable bonds is 3. The molecule has 106 valence electrons. The van der Waals surface area contributed by atoms with Gasteiger partial charge in [-0.15, -0.1) is 0 Å². The summed E-state index contributed by atoms with van der Waals surface area (Å²) < 4.78 is 6.17. The maximum Gasteiger partial charge on any atom is 0.0677 e. The van der Waals surface area contributed by atoms with Crippen LogP contribution in [0.5, 0.6) is 0 Å². The summed E-state index contributed by atoms with van der Waals surface area (Å²) in [5.41, 5.74) is 6.45. The molecule has 2 unspecified atom stereocenters. The molecule has 0 aromatic heterocycles. The number of nitrogens with two attached hydrogens (primary N) is 1. The standard InChI is InChI=1S/C15H29NOS/c1-14(2)10-12(15(3,4)17-14)13(16)9-11-5-7-18-8-6-11/h11-13H,5-10,16H2,1-4H3. The quantitative estimate of drug-likeness (QED) is 0.854. The van der Waals surface area contributed by atoms with Crippen molar-refractivity contribution in [2.45, 2.75) is 70.6 Å². The van der Waals surface area contributed by atoms with E-state index in [1.165, 1.54) is 30.8 Å². The molecule has 2 saturated heterocycles. The zero-order chi connectivity index (χ0) is 13.4. The summed E-state index contributed by atoms with van der Waals surface area (Å²) in [6.45, 7) is 8.81. The highest BCUT2D eigenvalue weighted by Crippen LogP contribution is 2.44. The molecule has 2 atom stereocenters. The van der Waals surface area contributed by atoms with Crippen molar-refractivity contribution in [1.82, 2.24) is 0 Å². The monoisotopic (exact) mass is 271 g/mol. The van der Waals surface area contributed by atoms with E-state index in [0.29, 0.717) is 12.0 Å². The molecule has 2 fully saturated rings. The van der Waals surface area contributed by atoms with Gasteiger partial charge in [0.25, 0.3) is 0 Å². The number of ether oxygens (including phenoxy) is 1. The third-order valence-electron chi connectivity index (χ3n) is 4.61. The summed E-state index contributed by atoms with van der Waals surface area (Å²) in [6.07, 6.45) is 5.00. The molecule has 0 spiro atoms. The second-order valence-electron chi connectivity index (χ2n) is 7.23. The first-order valence-corrected chi connectivity index (χ1v) is 8.49. The first-order chi connectivity index (χ1) is 8.30. The van der Waals surface area contributed by atoms with Gasteiger partial charge < -0.3 is 10.5 Å². The molecule has 18 heavy (non-hydrogen) atoms. The van der Waals surface area contributed by atoms with E-state index in [2.05, 4.69) is 39.5 Å². The van der Waals surface area contributed by atoms with Gasteiger partial charge in [-0.25, -0.2) is 0 Å². The topological polar surface area (TPSA) is 35.2 Å².